The summed E-state index contributed by atoms with van der Waals surface area (Å²) in [7, 11) is 0. The van der Waals surface area contributed by atoms with Gasteiger partial charge in [-0.25, -0.2) is 9.07 Å². The van der Waals surface area contributed by atoms with Crippen molar-refractivity contribution in [3.8, 4) is 5.69 Å². The van der Waals surface area contributed by atoms with Crippen LogP contribution in [0.1, 0.15) is 25.2 Å². The van der Waals surface area contributed by atoms with Gasteiger partial charge < -0.3 is 5.73 Å². The fourth-order valence-corrected chi connectivity index (χ4v) is 1.94. The van der Waals surface area contributed by atoms with E-state index in [1.165, 1.54) is 12.1 Å². The lowest BCUT2D eigenvalue weighted by molar-refractivity contribution is 0.612. The van der Waals surface area contributed by atoms with Gasteiger partial charge >= 0.3 is 0 Å². The monoisotopic (exact) mass is 247 g/mol. The molecule has 2 N–H and O–H groups in total. The van der Waals surface area contributed by atoms with E-state index in [1.807, 2.05) is 10.7 Å². The third kappa shape index (κ3) is 2.76. The first-order valence-electron chi connectivity index (χ1n) is 6.14. The van der Waals surface area contributed by atoms with Gasteiger partial charge in [-0.05, 0) is 42.7 Å². The van der Waals surface area contributed by atoms with E-state index < -0.39 is 0 Å². The van der Waals surface area contributed by atoms with Gasteiger partial charge in [0.15, 0.2) is 0 Å². The van der Waals surface area contributed by atoms with E-state index in [2.05, 4.69) is 18.9 Å². The highest BCUT2D eigenvalue weighted by Crippen LogP contribution is 2.16. The largest absolute Gasteiger partial charge is 0.325 e. The topological polar surface area (TPSA) is 43.8 Å². The van der Waals surface area contributed by atoms with Crippen LogP contribution < -0.4 is 5.73 Å². The fourth-order valence-electron chi connectivity index (χ4n) is 1.94. The van der Waals surface area contributed by atoms with Crippen molar-refractivity contribution >= 4 is 0 Å². The van der Waals surface area contributed by atoms with E-state index in [1.54, 1.807) is 12.1 Å². The normalized spacial score (nSPS) is 11.2. The van der Waals surface area contributed by atoms with Crippen LogP contribution in [0.3, 0.4) is 0 Å². The molecule has 0 bridgehead atoms. The van der Waals surface area contributed by atoms with Crippen molar-refractivity contribution in [2.24, 2.45) is 11.7 Å². The molecule has 0 radical (unpaired) electrons. The van der Waals surface area contributed by atoms with Gasteiger partial charge in [0, 0.05) is 12.2 Å². The molecule has 0 spiro atoms. The van der Waals surface area contributed by atoms with E-state index in [4.69, 9.17) is 5.73 Å². The van der Waals surface area contributed by atoms with E-state index in [9.17, 15) is 4.39 Å². The minimum Gasteiger partial charge on any atom is -0.325 e. The quantitative estimate of drug-likeness (QED) is 0.902. The molecule has 3 nitrogen and oxygen atoms in total. The van der Waals surface area contributed by atoms with Crippen LogP contribution >= 0.6 is 0 Å². The molecule has 18 heavy (non-hydrogen) atoms. The van der Waals surface area contributed by atoms with Gasteiger partial charge in [-0.1, -0.05) is 13.8 Å². The number of rotatable bonds is 4. The van der Waals surface area contributed by atoms with Crippen LogP contribution in [-0.4, -0.2) is 9.78 Å². The Morgan fingerprint density at radius 3 is 2.50 bits per heavy atom. The predicted octanol–water partition coefficient (Wildman–Crippen LogP) is 2.67. The molecule has 0 atom stereocenters. The van der Waals surface area contributed by atoms with Gasteiger partial charge in [-0.3, -0.25) is 0 Å². The van der Waals surface area contributed by atoms with Crippen LogP contribution in [0.15, 0.2) is 30.3 Å². The molecule has 0 aliphatic rings. The Kier molecular flexibility index (Phi) is 3.77. The molecule has 0 aliphatic carbocycles. The summed E-state index contributed by atoms with van der Waals surface area (Å²) in [6.45, 7) is 4.73. The summed E-state index contributed by atoms with van der Waals surface area (Å²) in [4.78, 5) is 0. The highest BCUT2D eigenvalue weighted by atomic mass is 19.1. The second kappa shape index (κ2) is 5.31. The molecule has 0 saturated heterocycles. The predicted molar refractivity (Wildman–Crippen MR) is 70.0 cm³/mol. The summed E-state index contributed by atoms with van der Waals surface area (Å²) in [5.74, 6) is 0.293. The Bertz CT molecular complexity index is 514. The van der Waals surface area contributed by atoms with E-state index in [0.29, 0.717) is 12.5 Å². The average Bonchev–Trinajstić information content (AvgIpc) is 2.72. The first-order valence-corrected chi connectivity index (χ1v) is 6.14. The SMILES string of the molecule is CC(C)Cc1cc(CN)nn1-c1ccc(F)cc1. The summed E-state index contributed by atoms with van der Waals surface area (Å²) in [6, 6.07) is 8.36. The standard InChI is InChI=1S/C14H18FN3/c1-10(2)7-14-8-12(9-16)17-18(14)13-5-3-11(15)4-6-13/h3-6,8,10H,7,9,16H2,1-2H3. The molecule has 0 saturated carbocycles. The summed E-state index contributed by atoms with van der Waals surface area (Å²) >= 11 is 0. The Morgan fingerprint density at radius 2 is 1.94 bits per heavy atom. The third-order valence-corrected chi connectivity index (χ3v) is 2.73. The molecule has 0 amide bonds. The summed E-state index contributed by atoms with van der Waals surface area (Å²) in [6.07, 6.45) is 0.921. The number of halogens is 1. The van der Waals surface area contributed by atoms with Crippen LogP contribution in [0.2, 0.25) is 0 Å². The van der Waals surface area contributed by atoms with Crippen molar-refractivity contribution in [2.75, 3.05) is 0 Å². The first-order chi connectivity index (χ1) is 8.60. The lowest BCUT2D eigenvalue weighted by Crippen LogP contribution is -2.05. The second-order valence-corrected chi connectivity index (χ2v) is 4.82. The lowest BCUT2D eigenvalue weighted by atomic mass is 10.1. The number of hydrogen-bond donors (Lipinski definition) is 1. The van der Waals surface area contributed by atoms with Gasteiger partial charge in [0.05, 0.1) is 11.4 Å². The smallest absolute Gasteiger partial charge is 0.123 e. The van der Waals surface area contributed by atoms with Crippen LogP contribution in [0.5, 0.6) is 0 Å². The molecule has 1 aromatic carbocycles. The Labute approximate surface area is 106 Å². The van der Waals surface area contributed by atoms with Gasteiger partial charge in [0.1, 0.15) is 5.82 Å². The number of nitrogens with zero attached hydrogens (tertiary/aromatic N) is 2. The minimum atomic E-state index is -0.240. The van der Waals surface area contributed by atoms with Crippen molar-refractivity contribution in [1.82, 2.24) is 9.78 Å². The third-order valence-electron chi connectivity index (χ3n) is 2.73. The van der Waals surface area contributed by atoms with E-state index in [-0.39, 0.29) is 5.82 Å². The average molecular weight is 247 g/mol. The van der Waals surface area contributed by atoms with Crippen LogP contribution in [0.25, 0.3) is 5.69 Å². The summed E-state index contributed by atoms with van der Waals surface area (Å²) in [5, 5.41) is 4.45. The first kappa shape index (κ1) is 12.8. The van der Waals surface area contributed by atoms with Crippen molar-refractivity contribution < 1.29 is 4.39 Å². The molecule has 2 aromatic rings. The molecule has 0 aliphatic heterocycles. The van der Waals surface area contributed by atoms with E-state index >= 15 is 0 Å². The Balaban J connectivity index is 2.41. The number of hydrogen-bond acceptors (Lipinski definition) is 2. The van der Waals surface area contributed by atoms with Gasteiger partial charge in [-0.2, -0.15) is 5.10 Å². The molecule has 0 unspecified atom stereocenters. The summed E-state index contributed by atoms with van der Waals surface area (Å²) < 4.78 is 14.8. The highest BCUT2D eigenvalue weighted by Gasteiger charge is 2.10. The zero-order chi connectivity index (χ0) is 13.1. The van der Waals surface area contributed by atoms with Gasteiger partial charge in [-0.15, -0.1) is 0 Å². The van der Waals surface area contributed by atoms with Crippen molar-refractivity contribution in [3.63, 3.8) is 0 Å². The molecule has 2 rings (SSSR count). The molecule has 96 valence electrons. The Morgan fingerprint density at radius 1 is 1.28 bits per heavy atom. The maximum absolute atomic E-state index is 12.9. The Hall–Kier alpha value is -1.68. The van der Waals surface area contributed by atoms with Crippen LogP contribution in [0.4, 0.5) is 4.39 Å². The van der Waals surface area contributed by atoms with Crippen LogP contribution in [-0.2, 0) is 13.0 Å². The number of benzene rings is 1. The highest BCUT2D eigenvalue weighted by molar-refractivity contribution is 5.34. The zero-order valence-corrected chi connectivity index (χ0v) is 10.7. The molecule has 1 aromatic heterocycles. The fraction of sp³-hybridized carbons (Fsp3) is 0.357. The van der Waals surface area contributed by atoms with Crippen molar-refractivity contribution in [3.05, 3.63) is 47.5 Å². The van der Waals surface area contributed by atoms with Crippen LogP contribution in [0, 0.1) is 11.7 Å². The summed E-state index contributed by atoms with van der Waals surface area (Å²) in [5.41, 5.74) is 8.46. The molecule has 1 heterocycles. The van der Waals surface area contributed by atoms with E-state index in [0.717, 1.165) is 23.5 Å². The maximum atomic E-state index is 12.9. The molecule has 4 heteroatoms. The van der Waals surface area contributed by atoms with Gasteiger partial charge in [0.25, 0.3) is 0 Å². The van der Waals surface area contributed by atoms with Crippen molar-refractivity contribution in [2.45, 2.75) is 26.8 Å². The number of nitrogens with two attached hydrogens (primary N) is 1. The maximum Gasteiger partial charge on any atom is 0.123 e. The molecule has 0 fully saturated rings. The zero-order valence-electron chi connectivity index (χ0n) is 10.7. The lowest BCUT2D eigenvalue weighted by Gasteiger charge is -2.09. The molecular formula is C14H18FN3. The minimum absolute atomic E-state index is 0.240. The van der Waals surface area contributed by atoms with Gasteiger partial charge in [0.2, 0.25) is 0 Å². The second-order valence-electron chi connectivity index (χ2n) is 4.82. The number of aromatic nitrogens is 2. The van der Waals surface area contributed by atoms with Crippen molar-refractivity contribution in [1.29, 1.82) is 0 Å². The molecular weight excluding hydrogens is 229 g/mol.